The molecule has 35 heavy (non-hydrogen) atoms. The Morgan fingerprint density at radius 3 is 2.46 bits per heavy atom. The number of pyridine rings is 1. The summed E-state index contributed by atoms with van der Waals surface area (Å²) >= 11 is 15.7. The highest BCUT2D eigenvalue weighted by atomic mass is 79.9. The highest BCUT2D eigenvalue weighted by molar-refractivity contribution is 9.10. The zero-order valence-corrected chi connectivity index (χ0v) is 22.0. The second kappa shape index (κ2) is 10.6. The summed E-state index contributed by atoms with van der Waals surface area (Å²) in [5.74, 6) is -2.34. The topological polar surface area (TPSA) is 40.8 Å². The maximum absolute atomic E-state index is 14.2. The van der Waals surface area contributed by atoms with Crippen molar-refractivity contribution < 1.29 is 13.6 Å². The maximum Gasteiger partial charge on any atom is 0.275 e. The Hall–Kier alpha value is -2.52. The van der Waals surface area contributed by atoms with Crippen molar-refractivity contribution in [3.63, 3.8) is 0 Å². The molecule has 4 rings (SSSR count). The van der Waals surface area contributed by atoms with E-state index in [0.29, 0.717) is 44.6 Å². The Morgan fingerprint density at radius 2 is 1.77 bits per heavy atom. The van der Waals surface area contributed by atoms with Crippen LogP contribution in [0.4, 0.5) is 8.78 Å². The van der Waals surface area contributed by atoms with Crippen LogP contribution in [0.5, 0.6) is 0 Å². The molecule has 0 aliphatic rings. The number of rotatable bonds is 7. The van der Waals surface area contributed by atoms with Gasteiger partial charge < -0.3 is 9.80 Å². The third-order valence-electron chi connectivity index (χ3n) is 5.45. The zero-order valence-electron chi connectivity index (χ0n) is 18.9. The van der Waals surface area contributed by atoms with E-state index in [0.717, 1.165) is 17.7 Å². The number of likely N-dealkylation sites (N-methyl/N-ethyl adjacent to an activating group) is 1. The molecule has 0 bridgehead atoms. The molecular weight excluding hydrogens is 561 g/mol. The first kappa shape index (κ1) is 25.6. The Bertz CT molecular complexity index is 1410. The number of aromatic nitrogens is 2. The molecule has 0 aliphatic carbocycles. The fourth-order valence-corrected chi connectivity index (χ4v) is 4.53. The van der Waals surface area contributed by atoms with Crippen LogP contribution < -0.4 is 0 Å². The number of fused-ring (bicyclic) bond motifs is 1. The van der Waals surface area contributed by atoms with Crippen molar-refractivity contribution in [1.82, 2.24) is 19.2 Å². The summed E-state index contributed by atoms with van der Waals surface area (Å²) in [5.41, 5.74) is 2.10. The molecule has 0 saturated carbocycles. The molecule has 0 aliphatic heterocycles. The van der Waals surface area contributed by atoms with Gasteiger partial charge in [0.15, 0.2) is 17.3 Å². The summed E-state index contributed by atoms with van der Waals surface area (Å²) in [7, 11) is 3.83. The molecule has 10 heteroatoms. The molecule has 2 aromatic heterocycles. The maximum atomic E-state index is 14.2. The lowest BCUT2D eigenvalue weighted by Gasteiger charge is -2.24. The second-order valence-electron chi connectivity index (χ2n) is 8.26. The predicted octanol–water partition coefficient (Wildman–Crippen LogP) is 6.55. The van der Waals surface area contributed by atoms with E-state index in [2.05, 4.69) is 20.9 Å². The highest BCUT2D eigenvalue weighted by Crippen LogP contribution is 2.31. The van der Waals surface area contributed by atoms with E-state index in [4.69, 9.17) is 23.2 Å². The van der Waals surface area contributed by atoms with Gasteiger partial charge in [-0.15, -0.1) is 0 Å². The summed E-state index contributed by atoms with van der Waals surface area (Å²) in [5, 5.41) is 0.815. The van der Waals surface area contributed by atoms with Crippen molar-refractivity contribution in [2.24, 2.45) is 0 Å². The quantitative estimate of drug-likeness (QED) is 0.232. The van der Waals surface area contributed by atoms with Gasteiger partial charge in [0.2, 0.25) is 0 Å². The Morgan fingerprint density at radius 1 is 1.00 bits per heavy atom. The van der Waals surface area contributed by atoms with Crippen molar-refractivity contribution in [2.75, 3.05) is 27.2 Å². The molecule has 0 fully saturated rings. The Kier molecular flexibility index (Phi) is 7.76. The molecule has 4 aromatic rings. The Balaban J connectivity index is 1.84. The smallest absolute Gasteiger partial charge is 0.275 e. The van der Waals surface area contributed by atoms with Crippen molar-refractivity contribution in [1.29, 1.82) is 0 Å². The predicted molar refractivity (Wildman–Crippen MR) is 138 cm³/mol. The largest absolute Gasteiger partial charge is 0.332 e. The van der Waals surface area contributed by atoms with E-state index in [1.165, 1.54) is 6.07 Å². The summed E-state index contributed by atoms with van der Waals surface area (Å²) in [6.07, 6.45) is 0. The van der Waals surface area contributed by atoms with Gasteiger partial charge in [-0.1, -0.05) is 35.3 Å². The number of halogens is 5. The van der Waals surface area contributed by atoms with Gasteiger partial charge in [-0.2, -0.15) is 0 Å². The van der Waals surface area contributed by atoms with Gasteiger partial charge in [0, 0.05) is 25.2 Å². The van der Waals surface area contributed by atoms with Crippen molar-refractivity contribution in [3.05, 3.63) is 92.1 Å². The molecule has 2 heterocycles. The normalized spacial score (nSPS) is 11.4. The number of imidazole rings is 1. The van der Waals surface area contributed by atoms with Gasteiger partial charge in [-0.3, -0.25) is 9.20 Å². The third kappa shape index (κ3) is 5.51. The van der Waals surface area contributed by atoms with Gasteiger partial charge in [0.05, 0.1) is 20.3 Å². The minimum atomic E-state index is -1.01. The van der Waals surface area contributed by atoms with E-state index in [1.54, 1.807) is 45.7 Å². The lowest BCUT2D eigenvalue weighted by molar-refractivity contribution is 0.0727. The fourth-order valence-electron chi connectivity index (χ4n) is 3.69. The molecule has 0 N–H and O–H groups in total. The number of carbonyl (C=O) groups is 1. The van der Waals surface area contributed by atoms with Crippen LogP contribution >= 0.6 is 39.1 Å². The monoisotopic (exact) mass is 580 g/mol. The first-order chi connectivity index (χ1) is 16.7. The van der Waals surface area contributed by atoms with E-state index >= 15 is 0 Å². The molecule has 5 nitrogen and oxygen atoms in total. The van der Waals surface area contributed by atoms with E-state index in [-0.39, 0.29) is 18.1 Å². The lowest BCUT2D eigenvalue weighted by Crippen LogP contribution is -2.36. The van der Waals surface area contributed by atoms with Crippen LogP contribution in [0.2, 0.25) is 10.0 Å². The van der Waals surface area contributed by atoms with Crippen LogP contribution in [-0.2, 0) is 6.54 Å². The van der Waals surface area contributed by atoms with E-state index in [9.17, 15) is 13.6 Å². The van der Waals surface area contributed by atoms with Crippen LogP contribution in [0.25, 0.3) is 16.9 Å². The minimum Gasteiger partial charge on any atom is -0.332 e. The average Bonchev–Trinajstić information content (AvgIpc) is 3.21. The number of carbonyl (C=O) groups excluding carboxylic acids is 1. The number of hydrogen-bond donors (Lipinski definition) is 0. The van der Waals surface area contributed by atoms with Crippen LogP contribution in [-0.4, -0.2) is 52.3 Å². The Labute approximate surface area is 220 Å². The SMILES string of the molecule is CN(C)CCN(Cc1ccc(Cl)c(Cl)c1)C(=O)c1nc2cccc(Br)n2c1-c1ccc(F)c(F)c1. The first-order valence-electron chi connectivity index (χ1n) is 10.7. The molecule has 0 spiro atoms. The first-order valence-corrected chi connectivity index (χ1v) is 12.2. The van der Waals surface area contributed by atoms with E-state index < -0.39 is 11.6 Å². The summed E-state index contributed by atoms with van der Waals surface area (Å²) in [6.45, 7) is 1.26. The van der Waals surface area contributed by atoms with Gasteiger partial charge >= 0.3 is 0 Å². The minimum absolute atomic E-state index is 0.127. The highest BCUT2D eigenvalue weighted by Gasteiger charge is 2.27. The van der Waals surface area contributed by atoms with Crippen LogP contribution in [0.15, 0.2) is 59.2 Å². The zero-order chi connectivity index (χ0) is 25.3. The van der Waals surface area contributed by atoms with Crippen LogP contribution in [0.3, 0.4) is 0 Å². The van der Waals surface area contributed by atoms with Crippen molar-refractivity contribution in [3.8, 4) is 11.3 Å². The lowest BCUT2D eigenvalue weighted by atomic mass is 10.1. The van der Waals surface area contributed by atoms with Crippen LogP contribution in [0.1, 0.15) is 16.1 Å². The second-order valence-corrected chi connectivity index (χ2v) is 9.89. The van der Waals surface area contributed by atoms with Crippen LogP contribution in [0, 0.1) is 11.6 Å². The number of amides is 1. The van der Waals surface area contributed by atoms with Crippen molar-refractivity contribution >= 4 is 50.7 Å². The van der Waals surface area contributed by atoms with Gasteiger partial charge in [-0.05, 0) is 78.1 Å². The van der Waals surface area contributed by atoms with Crippen molar-refractivity contribution in [2.45, 2.75) is 6.54 Å². The fraction of sp³-hybridized carbons (Fsp3) is 0.200. The third-order valence-corrected chi connectivity index (χ3v) is 6.81. The summed E-state index contributed by atoms with van der Waals surface area (Å²) in [4.78, 5) is 22.1. The van der Waals surface area contributed by atoms with Gasteiger partial charge in [-0.25, -0.2) is 13.8 Å². The molecule has 182 valence electrons. The molecule has 2 aromatic carbocycles. The summed E-state index contributed by atoms with van der Waals surface area (Å²) in [6, 6.07) is 14.1. The molecular formula is C25H21BrCl2F2N4O. The molecule has 0 radical (unpaired) electrons. The molecule has 0 saturated heterocycles. The van der Waals surface area contributed by atoms with Gasteiger partial charge in [0.1, 0.15) is 5.65 Å². The van der Waals surface area contributed by atoms with Gasteiger partial charge in [0.25, 0.3) is 5.91 Å². The molecule has 1 amide bonds. The average molecular weight is 582 g/mol. The summed E-state index contributed by atoms with van der Waals surface area (Å²) < 4.78 is 30.2. The standard InChI is InChI=1S/C25H21BrCl2F2N4O/c1-32(2)10-11-33(14-15-6-8-17(27)18(28)12-15)25(35)23-24(16-7-9-19(29)20(30)13-16)34-21(26)4-3-5-22(34)31-23/h3-9,12-13H,10-11,14H2,1-2H3. The number of hydrogen-bond acceptors (Lipinski definition) is 3. The van der Waals surface area contributed by atoms with E-state index in [1.807, 2.05) is 19.0 Å². The number of nitrogens with zero attached hydrogens (tertiary/aromatic N) is 4. The number of benzene rings is 2. The molecule has 0 atom stereocenters. The molecule has 0 unspecified atom stereocenters.